The molecule has 0 saturated carbocycles. The van der Waals surface area contributed by atoms with Gasteiger partial charge in [-0.25, -0.2) is 4.98 Å². The first-order valence-corrected chi connectivity index (χ1v) is 7.55. The van der Waals surface area contributed by atoms with Crippen LogP contribution in [-0.4, -0.2) is 40.3 Å². The van der Waals surface area contributed by atoms with Crippen LogP contribution in [0, 0.1) is 0 Å². The molecule has 1 aromatic carbocycles. The monoisotopic (exact) mass is 305 g/mol. The second kappa shape index (κ2) is 7.17. The van der Waals surface area contributed by atoms with Crippen LogP contribution in [0.5, 0.6) is 5.75 Å². The summed E-state index contributed by atoms with van der Waals surface area (Å²) in [5, 5.41) is 0.845. The van der Waals surface area contributed by atoms with Gasteiger partial charge in [-0.1, -0.05) is 23.9 Å². The van der Waals surface area contributed by atoms with Gasteiger partial charge in [0, 0.05) is 33.0 Å². The second-order valence-corrected chi connectivity index (χ2v) is 5.65. The molecular weight excluding hydrogens is 286 g/mol. The Balaban J connectivity index is 1.88. The molecule has 2 rings (SSSR count). The highest BCUT2D eigenvalue weighted by Crippen LogP contribution is 2.17. The van der Waals surface area contributed by atoms with Crippen molar-refractivity contribution in [3.63, 3.8) is 0 Å². The fraction of sp³-hybridized carbons (Fsp3) is 0.333. The Hall–Kier alpha value is -1.95. The highest BCUT2D eigenvalue weighted by Gasteiger charge is 2.11. The standard InChI is InChI=1S/C15H19N3O2S/c1-17-8-7-16-15(17)21-11-14(19)18(2)10-12-5-4-6-13(9-12)20-3/h4-9H,10-11H2,1-3H3. The van der Waals surface area contributed by atoms with E-state index in [1.165, 1.54) is 11.8 Å². The minimum Gasteiger partial charge on any atom is -0.497 e. The third-order valence-corrected chi connectivity index (χ3v) is 4.12. The van der Waals surface area contributed by atoms with E-state index in [0.29, 0.717) is 12.3 Å². The van der Waals surface area contributed by atoms with Gasteiger partial charge < -0.3 is 14.2 Å². The minimum atomic E-state index is 0.0748. The number of imidazole rings is 1. The lowest BCUT2D eigenvalue weighted by Crippen LogP contribution is -2.27. The summed E-state index contributed by atoms with van der Waals surface area (Å²) in [4.78, 5) is 18.1. The van der Waals surface area contributed by atoms with Gasteiger partial charge in [-0.2, -0.15) is 0 Å². The van der Waals surface area contributed by atoms with Crippen LogP contribution in [0.25, 0.3) is 0 Å². The molecule has 0 spiro atoms. The molecule has 0 fully saturated rings. The Morgan fingerprint density at radius 1 is 1.48 bits per heavy atom. The third kappa shape index (κ3) is 4.26. The molecule has 0 aliphatic heterocycles. The summed E-state index contributed by atoms with van der Waals surface area (Å²) in [5.74, 6) is 1.26. The summed E-state index contributed by atoms with van der Waals surface area (Å²) in [5.41, 5.74) is 1.05. The number of hydrogen-bond donors (Lipinski definition) is 0. The topological polar surface area (TPSA) is 47.4 Å². The molecule has 0 atom stereocenters. The van der Waals surface area contributed by atoms with Gasteiger partial charge in [-0.3, -0.25) is 4.79 Å². The van der Waals surface area contributed by atoms with Crippen LogP contribution in [0.3, 0.4) is 0 Å². The smallest absolute Gasteiger partial charge is 0.233 e. The van der Waals surface area contributed by atoms with E-state index in [9.17, 15) is 4.79 Å². The maximum absolute atomic E-state index is 12.1. The zero-order valence-corrected chi connectivity index (χ0v) is 13.3. The number of methoxy groups -OCH3 is 1. The molecule has 1 amide bonds. The fourth-order valence-electron chi connectivity index (χ4n) is 1.86. The summed E-state index contributed by atoms with van der Waals surface area (Å²) in [6.45, 7) is 0.567. The number of nitrogens with zero attached hydrogens (tertiary/aromatic N) is 3. The number of thioether (sulfide) groups is 1. The predicted octanol–water partition coefficient (Wildman–Crippen LogP) is 2.18. The maximum Gasteiger partial charge on any atom is 0.233 e. The number of benzene rings is 1. The van der Waals surface area contributed by atoms with E-state index in [0.717, 1.165) is 16.5 Å². The van der Waals surface area contributed by atoms with Crippen molar-refractivity contribution in [2.45, 2.75) is 11.7 Å². The molecule has 6 heteroatoms. The molecule has 0 aliphatic rings. The van der Waals surface area contributed by atoms with Crippen LogP contribution in [0.4, 0.5) is 0 Å². The Labute approximate surface area is 128 Å². The van der Waals surface area contributed by atoms with Gasteiger partial charge in [0.05, 0.1) is 12.9 Å². The Bertz CT molecular complexity index is 612. The van der Waals surface area contributed by atoms with E-state index in [4.69, 9.17) is 4.74 Å². The van der Waals surface area contributed by atoms with Crippen molar-refractivity contribution in [3.8, 4) is 5.75 Å². The number of amides is 1. The second-order valence-electron chi connectivity index (χ2n) is 4.71. The molecule has 112 valence electrons. The number of rotatable bonds is 6. The first-order chi connectivity index (χ1) is 10.1. The molecule has 0 saturated heterocycles. The summed E-state index contributed by atoms with van der Waals surface area (Å²) >= 11 is 1.44. The quantitative estimate of drug-likeness (QED) is 0.768. The molecule has 0 aliphatic carbocycles. The highest BCUT2D eigenvalue weighted by molar-refractivity contribution is 7.99. The lowest BCUT2D eigenvalue weighted by atomic mass is 10.2. The molecular formula is C15H19N3O2S. The molecule has 1 aromatic heterocycles. The molecule has 5 nitrogen and oxygen atoms in total. The van der Waals surface area contributed by atoms with Crippen molar-refractivity contribution in [2.24, 2.45) is 7.05 Å². The minimum absolute atomic E-state index is 0.0748. The number of aromatic nitrogens is 2. The number of carbonyl (C=O) groups is 1. The molecule has 0 unspecified atom stereocenters. The van der Waals surface area contributed by atoms with Gasteiger partial charge in [0.2, 0.25) is 5.91 Å². The average Bonchev–Trinajstić information content (AvgIpc) is 2.90. The van der Waals surface area contributed by atoms with E-state index < -0.39 is 0 Å². The Morgan fingerprint density at radius 3 is 2.95 bits per heavy atom. The van der Waals surface area contributed by atoms with Crippen LogP contribution < -0.4 is 4.74 Å². The van der Waals surface area contributed by atoms with E-state index in [2.05, 4.69) is 4.98 Å². The number of ether oxygens (including phenoxy) is 1. The van der Waals surface area contributed by atoms with Gasteiger partial charge in [0.1, 0.15) is 5.75 Å². The molecule has 2 aromatic rings. The van der Waals surface area contributed by atoms with Crippen LogP contribution in [-0.2, 0) is 18.4 Å². The maximum atomic E-state index is 12.1. The molecule has 0 radical (unpaired) electrons. The van der Waals surface area contributed by atoms with Crippen LogP contribution >= 0.6 is 11.8 Å². The van der Waals surface area contributed by atoms with Crippen molar-refractivity contribution >= 4 is 17.7 Å². The predicted molar refractivity (Wildman–Crippen MR) is 83.4 cm³/mol. The van der Waals surface area contributed by atoms with Crippen molar-refractivity contribution in [2.75, 3.05) is 19.9 Å². The molecule has 0 bridgehead atoms. The first-order valence-electron chi connectivity index (χ1n) is 6.57. The summed E-state index contributed by atoms with van der Waals surface area (Å²) in [7, 11) is 5.36. The molecule has 0 N–H and O–H groups in total. The molecule has 21 heavy (non-hydrogen) atoms. The van der Waals surface area contributed by atoms with Crippen LogP contribution in [0.15, 0.2) is 41.8 Å². The fourth-order valence-corrected chi connectivity index (χ4v) is 2.73. The molecule has 1 heterocycles. The summed E-state index contributed by atoms with van der Waals surface area (Å²) < 4.78 is 7.09. The van der Waals surface area contributed by atoms with Crippen molar-refractivity contribution < 1.29 is 9.53 Å². The van der Waals surface area contributed by atoms with Gasteiger partial charge in [0.25, 0.3) is 0 Å². The largest absolute Gasteiger partial charge is 0.497 e. The SMILES string of the molecule is COc1cccc(CN(C)C(=O)CSc2nccn2C)c1. The van der Waals surface area contributed by atoms with E-state index in [1.54, 1.807) is 25.3 Å². The third-order valence-electron chi connectivity index (χ3n) is 3.08. The Morgan fingerprint density at radius 2 is 2.29 bits per heavy atom. The van der Waals surface area contributed by atoms with Crippen molar-refractivity contribution in [1.82, 2.24) is 14.5 Å². The van der Waals surface area contributed by atoms with Gasteiger partial charge in [-0.15, -0.1) is 0 Å². The lowest BCUT2D eigenvalue weighted by molar-refractivity contribution is -0.127. The van der Waals surface area contributed by atoms with E-state index >= 15 is 0 Å². The summed E-state index contributed by atoms with van der Waals surface area (Å²) in [6, 6.07) is 7.74. The summed E-state index contributed by atoms with van der Waals surface area (Å²) in [6.07, 6.45) is 3.60. The van der Waals surface area contributed by atoms with Gasteiger partial charge in [-0.05, 0) is 17.7 Å². The first kappa shape index (κ1) is 15.4. The Kier molecular flexibility index (Phi) is 5.27. The van der Waals surface area contributed by atoms with Crippen LogP contribution in [0.1, 0.15) is 5.56 Å². The van der Waals surface area contributed by atoms with Gasteiger partial charge >= 0.3 is 0 Å². The van der Waals surface area contributed by atoms with Crippen LogP contribution in [0.2, 0.25) is 0 Å². The lowest BCUT2D eigenvalue weighted by Gasteiger charge is -2.17. The number of hydrogen-bond acceptors (Lipinski definition) is 4. The van der Waals surface area contributed by atoms with E-state index in [1.807, 2.05) is 42.1 Å². The number of aryl methyl sites for hydroxylation is 1. The van der Waals surface area contributed by atoms with E-state index in [-0.39, 0.29) is 5.91 Å². The van der Waals surface area contributed by atoms with Crippen molar-refractivity contribution in [3.05, 3.63) is 42.2 Å². The zero-order valence-electron chi connectivity index (χ0n) is 12.4. The normalized spacial score (nSPS) is 10.4. The highest BCUT2D eigenvalue weighted by atomic mass is 32.2. The van der Waals surface area contributed by atoms with Crippen molar-refractivity contribution in [1.29, 1.82) is 0 Å². The zero-order chi connectivity index (χ0) is 15.2. The number of carbonyl (C=O) groups excluding carboxylic acids is 1. The average molecular weight is 305 g/mol. The van der Waals surface area contributed by atoms with Gasteiger partial charge in [0.15, 0.2) is 5.16 Å².